The van der Waals surface area contributed by atoms with E-state index in [0.717, 1.165) is 23.5 Å². The molecule has 3 heterocycles. The van der Waals surface area contributed by atoms with E-state index in [9.17, 15) is 18.0 Å². The maximum absolute atomic E-state index is 13.0. The third-order valence-electron chi connectivity index (χ3n) is 6.22. The molecule has 6 nitrogen and oxygen atoms in total. The van der Waals surface area contributed by atoms with E-state index >= 15 is 0 Å². The molecule has 2 aromatic heterocycles. The van der Waals surface area contributed by atoms with Gasteiger partial charge in [-0.1, -0.05) is 6.07 Å². The molecule has 0 aliphatic carbocycles. The summed E-state index contributed by atoms with van der Waals surface area (Å²) in [5.74, 6) is 1.30. The van der Waals surface area contributed by atoms with Gasteiger partial charge in [-0.25, -0.2) is 9.97 Å². The Balaban J connectivity index is 1.23. The highest BCUT2D eigenvalue weighted by Crippen LogP contribution is 2.31. The first kappa shape index (κ1) is 23.6. The lowest BCUT2D eigenvalue weighted by Gasteiger charge is -2.35. The van der Waals surface area contributed by atoms with Crippen LogP contribution in [0.2, 0.25) is 0 Å². The van der Waals surface area contributed by atoms with Crippen molar-refractivity contribution in [1.29, 1.82) is 0 Å². The number of amides is 1. The fourth-order valence-corrected chi connectivity index (χ4v) is 4.22. The molecule has 0 saturated carbocycles. The molecule has 36 heavy (non-hydrogen) atoms. The van der Waals surface area contributed by atoms with Crippen molar-refractivity contribution in [3.63, 3.8) is 0 Å². The van der Waals surface area contributed by atoms with Gasteiger partial charge in [-0.2, -0.15) is 13.2 Å². The molecule has 0 atom stereocenters. The number of nitrogens with zero attached hydrogens (tertiary/aromatic N) is 4. The molecule has 9 heteroatoms. The molecule has 1 fully saturated rings. The van der Waals surface area contributed by atoms with Crippen LogP contribution in [-0.4, -0.2) is 47.0 Å². The van der Waals surface area contributed by atoms with Crippen LogP contribution in [0.25, 0.3) is 10.9 Å². The van der Waals surface area contributed by atoms with Gasteiger partial charge in [0.1, 0.15) is 11.6 Å². The Hall–Kier alpha value is -4.14. The molecular formula is C27H24F3N5O. The molecule has 1 aliphatic rings. The second-order valence-electron chi connectivity index (χ2n) is 8.77. The molecule has 4 aromatic rings. The number of halogens is 3. The summed E-state index contributed by atoms with van der Waals surface area (Å²) < 4.78 is 39.1. The van der Waals surface area contributed by atoms with Crippen LogP contribution in [-0.2, 0) is 6.18 Å². The second-order valence-corrected chi connectivity index (χ2v) is 8.77. The number of nitrogens with one attached hydrogen (secondary N) is 1. The minimum absolute atomic E-state index is 0.0399. The first-order valence-electron chi connectivity index (χ1n) is 11.6. The fourth-order valence-electron chi connectivity index (χ4n) is 4.22. The molecule has 1 saturated heterocycles. The predicted octanol–water partition coefficient (Wildman–Crippen LogP) is 5.66. The van der Waals surface area contributed by atoms with Crippen LogP contribution in [0.15, 0.2) is 72.9 Å². The molecular weight excluding hydrogens is 467 g/mol. The van der Waals surface area contributed by atoms with E-state index in [4.69, 9.17) is 0 Å². The zero-order valence-electron chi connectivity index (χ0n) is 19.6. The van der Waals surface area contributed by atoms with Gasteiger partial charge in [-0.15, -0.1) is 0 Å². The first-order chi connectivity index (χ1) is 17.3. The highest BCUT2D eigenvalue weighted by atomic mass is 19.4. The summed E-state index contributed by atoms with van der Waals surface area (Å²) in [5, 5.41) is 3.72. The third kappa shape index (κ3) is 5.10. The average Bonchev–Trinajstić information content (AvgIpc) is 2.88. The van der Waals surface area contributed by atoms with Crippen molar-refractivity contribution in [2.45, 2.75) is 13.1 Å². The quantitative estimate of drug-likeness (QED) is 0.399. The third-order valence-corrected chi connectivity index (χ3v) is 6.22. The maximum atomic E-state index is 13.0. The number of aromatic nitrogens is 2. The molecule has 0 spiro atoms. The molecule has 0 radical (unpaired) electrons. The van der Waals surface area contributed by atoms with Crippen LogP contribution in [0.1, 0.15) is 21.5 Å². The van der Waals surface area contributed by atoms with E-state index in [0.29, 0.717) is 48.6 Å². The zero-order chi connectivity index (χ0) is 25.3. The number of anilines is 3. The van der Waals surface area contributed by atoms with Crippen LogP contribution in [0.4, 0.5) is 30.5 Å². The monoisotopic (exact) mass is 491 g/mol. The van der Waals surface area contributed by atoms with Crippen LogP contribution >= 0.6 is 0 Å². The minimum Gasteiger partial charge on any atom is -0.353 e. The van der Waals surface area contributed by atoms with Crippen molar-refractivity contribution in [2.24, 2.45) is 0 Å². The molecule has 0 bridgehead atoms. The number of alkyl halides is 3. The normalized spacial score (nSPS) is 14.2. The van der Waals surface area contributed by atoms with Crippen LogP contribution in [0.5, 0.6) is 0 Å². The summed E-state index contributed by atoms with van der Waals surface area (Å²) in [6, 6.07) is 17.9. The average molecular weight is 492 g/mol. The largest absolute Gasteiger partial charge is 0.416 e. The van der Waals surface area contributed by atoms with Crippen molar-refractivity contribution in [3.05, 3.63) is 89.6 Å². The Morgan fingerprint density at radius 1 is 0.917 bits per heavy atom. The number of carbonyl (C=O) groups is 1. The summed E-state index contributed by atoms with van der Waals surface area (Å²) in [5.41, 5.74) is 1.92. The van der Waals surface area contributed by atoms with Gasteiger partial charge in [0.25, 0.3) is 5.91 Å². The van der Waals surface area contributed by atoms with Crippen LogP contribution in [0, 0.1) is 6.92 Å². The summed E-state index contributed by atoms with van der Waals surface area (Å²) in [4.78, 5) is 25.7. The second kappa shape index (κ2) is 9.49. The van der Waals surface area contributed by atoms with Crippen LogP contribution in [0.3, 0.4) is 0 Å². The number of rotatable bonds is 4. The first-order valence-corrected chi connectivity index (χ1v) is 11.6. The van der Waals surface area contributed by atoms with E-state index in [1.165, 1.54) is 6.07 Å². The Kier molecular flexibility index (Phi) is 6.22. The number of carbonyl (C=O) groups excluding carboxylic acids is 1. The van der Waals surface area contributed by atoms with Gasteiger partial charge in [-0.3, -0.25) is 4.79 Å². The smallest absolute Gasteiger partial charge is 0.353 e. The van der Waals surface area contributed by atoms with E-state index in [1.807, 2.05) is 24.0 Å². The Morgan fingerprint density at radius 2 is 1.64 bits per heavy atom. The van der Waals surface area contributed by atoms with Gasteiger partial charge in [0, 0.05) is 49.0 Å². The number of hydrogen-bond acceptors (Lipinski definition) is 5. The van der Waals surface area contributed by atoms with Gasteiger partial charge in [0.15, 0.2) is 0 Å². The summed E-state index contributed by atoms with van der Waals surface area (Å²) >= 11 is 0. The van der Waals surface area contributed by atoms with Crippen molar-refractivity contribution in [2.75, 3.05) is 36.4 Å². The summed E-state index contributed by atoms with van der Waals surface area (Å²) in [7, 11) is 0. The maximum Gasteiger partial charge on any atom is 0.416 e. The van der Waals surface area contributed by atoms with Gasteiger partial charge in [0.05, 0.1) is 11.1 Å². The zero-order valence-corrected chi connectivity index (χ0v) is 19.6. The molecule has 0 unspecified atom stereocenters. The van der Waals surface area contributed by atoms with E-state index < -0.39 is 11.7 Å². The molecule has 1 aliphatic heterocycles. The van der Waals surface area contributed by atoms with E-state index in [-0.39, 0.29) is 11.4 Å². The lowest BCUT2D eigenvalue weighted by Crippen LogP contribution is -2.49. The topological polar surface area (TPSA) is 61.4 Å². The SMILES string of the molecule is Cc1ccnc(N2CCN(C(=O)c3ccc(Nc4ccc5ccc(C(F)(F)F)cc5n4)cc3)CC2)c1. The van der Waals surface area contributed by atoms with E-state index in [2.05, 4.69) is 20.2 Å². The van der Waals surface area contributed by atoms with Gasteiger partial charge in [-0.05, 0) is 73.2 Å². The van der Waals surface area contributed by atoms with Gasteiger partial charge in [0.2, 0.25) is 0 Å². The number of pyridine rings is 2. The summed E-state index contributed by atoms with van der Waals surface area (Å²) in [6.07, 6.45) is -2.63. The number of piperazine rings is 1. The molecule has 1 N–H and O–H groups in total. The van der Waals surface area contributed by atoms with Gasteiger partial charge >= 0.3 is 6.18 Å². The van der Waals surface area contributed by atoms with Crippen LogP contribution < -0.4 is 10.2 Å². The fraction of sp³-hybridized carbons (Fsp3) is 0.222. The lowest BCUT2D eigenvalue weighted by atomic mass is 10.1. The molecule has 5 rings (SSSR count). The number of aryl methyl sites for hydroxylation is 1. The standard InChI is InChI=1S/C27H24F3N5O/c1-18-10-11-31-25(16-18)34-12-14-35(15-13-34)26(36)20-3-7-22(8-4-20)32-24-9-5-19-2-6-21(27(28,29)30)17-23(19)33-24/h2-11,16-17H,12-15H2,1H3,(H,32,33). The minimum atomic E-state index is -4.42. The van der Waals surface area contributed by atoms with Gasteiger partial charge < -0.3 is 15.1 Å². The Labute approximate surface area is 206 Å². The Morgan fingerprint density at radius 3 is 2.33 bits per heavy atom. The number of fused-ring (bicyclic) bond motifs is 1. The number of benzene rings is 2. The molecule has 2 aromatic carbocycles. The van der Waals surface area contributed by atoms with Crippen molar-refractivity contribution in [3.8, 4) is 0 Å². The highest BCUT2D eigenvalue weighted by molar-refractivity contribution is 5.94. The van der Waals surface area contributed by atoms with Crippen molar-refractivity contribution >= 4 is 34.1 Å². The molecule has 184 valence electrons. The lowest BCUT2D eigenvalue weighted by molar-refractivity contribution is -0.137. The predicted molar refractivity (Wildman–Crippen MR) is 134 cm³/mol. The van der Waals surface area contributed by atoms with Crippen molar-refractivity contribution < 1.29 is 18.0 Å². The van der Waals surface area contributed by atoms with Crippen molar-refractivity contribution in [1.82, 2.24) is 14.9 Å². The van der Waals surface area contributed by atoms with E-state index in [1.54, 1.807) is 42.6 Å². The Bertz CT molecular complexity index is 1400. The number of hydrogen-bond donors (Lipinski definition) is 1. The highest BCUT2D eigenvalue weighted by Gasteiger charge is 2.30. The molecule has 1 amide bonds. The summed E-state index contributed by atoms with van der Waals surface area (Å²) in [6.45, 7) is 4.67.